The Bertz CT molecular complexity index is 1970. The minimum atomic E-state index is -1.51. The van der Waals surface area contributed by atoms with E-state index < -0.39 is 52.8 Å². The van der Waals surface area contributed by atoms with Crippen molar-refractivity contribution in [3.8, 4) is 22.9 Å². The Balaban J connectivity index is 1.33. The fourth-order valence-corrected chi connectivity index (χ4v) is 8.27. The fourth-order valence-electron chi connectivity index (χ4n) is 7.52. The molecule has 3 fully saturated rings. The van der Waals surface area contributed by atoms with Gasteiger partial charge in [0.1, 0.15) is 40.9 Å². The molecule has 3 aliphatic rings. The van der Waals surface area contributed by atoms with Gasteiger partial charge in [-0.15, -0.1) is 17.9 Å². The van der Waals surface area contributed by atoms with Crippen LogP contribution in [0.1, 0.15) is 72.6 Å². The maximum atomic E-state index is 14.6. The summed E-state index contributed by atoms with van der Waals surface area (Å²) < 4.78 is 12.1. The summed E-state index contributed by atoms with van der Waals surface area (Å²) in [5, 5.41) is 21.3. The van der Waals surface area contributed by atoms with Crippen LogP contribution in [0.25, 0.3) is 22.3 Å². The molecule has 0 unspecified atom stereocenters. The molecule has 0 bridgehead atoms. The van der Waals surface area contributed by atoms with E-state index in [-0.39, 0.29) is 37.1 Å². The maximum absolute atomic E-state index is 14.6. The third kappa shape index (κ3) is 8.20. The Hall–Kier alpha value is -5.05. The van der Waals surface area contributed by atoms with Crippen LogP contribution in [0, 0.1) is 17.3 Å². The van der Waals surface area contributed by atoms with Crippen LogP contribution in [-0.4, -0.2) is 87.0 Å². The van der Waals surface area contributed by atoms with Gasteiger partial charge in [0.2, 0.25) is 23.6 Å². The highest BCUT2D eigenvalue weighted by atomic mass is 32.1. The predicted molar refractivity (Wildman–Crippen MR) is 203 cm³/mol. The largest absolute Gasteiger partial charge is 0.497 e. The summed E-state index contributed by atoms with van der Waals surface area (Å²) in [6.45, 7) is 10.7. The lowest BCUT2D eigenvalue weighted by atomic mass is 9.85. The van der Waals surface area contributed by atoms with Gasteiger partial charge in [0.05, 0.1) is 24.9 Å². The van der Waals surface area contributed by atoms with Crippen LogP contribution in [0.15, 0.2) is 42.3 Å². The normalized spacial score (nSPS) is 23.1. The van der Waals surface area contributed by atoms with Crippen molar-refractivity contribution in [2.45, 2.75) is 96.4 Å². The van der Waals surface area contributed by atoms with Crippen LogP contribution in [0.5, 0.6) is 11.5 Å². The number of hydrogen-bond donors (Lipinski definition) is 4. The van der Waals surface area contributed by atoms with E-state index in [4.69, 9.17) is 14.5 Å². The number of likely N-dealkylation sites (tertiary alicyclic amines) is 1. The van der Waals surface area contributed by atoms with Crippen molar-refractivity contribution in [3.05, 3.63) is 42.3 Å². The zero-order valence-electron chi connectivity index (χ0n) is 31.3. The number of amides is 4. The highest BCUT2D eigenvalue weighted by molar-refractivity contribution is 7.14. The van der Waals surface area contributed by atoms with Crippen molar-refractivity contribution < 1.29 is 38.6 Å². The smallest absolute Gasteiger partial charge is 0.330 e. The Morgan fingerprint density at radius 3 is 2.50 bits per heavy atom. The molecule has 14 nitrogen and oxygen atoms in total. The molecule has 0 spiro atoms. The van der Waals surface area contributed by atoms with Gasteiger partial charge >= 0.3 is 5.97 Å². The third-order valence-corrected chi connectivity index (χ3v) is 11.3. The second-order valence-corrected chi connectivity index (χ2v) is 16.5. The number of anilines is 1. The second-order valence-electron chi connectivity index (χ2n) is 15.6. The SMILES string of the molecule is C=C[C@@H]1C[C@]1(NC(=O)[C@@H]1C[C@@H](Oc2cc(-c3csc(NC(C)=O)n3)nc3cc(OC)ccc23)CN1C(=O)[C@@H](NC(=O)CC1CCCC1)C(C)(C)C)C(=O)O. The van der Waals surface area contributed by atoms with E-state index in [2.05, 4.69) is 27.5 Å². The monoisotopic (exact) mass is 760 g/mol. The lowest BCUT2D eigenvalue weighted by molar-refractivity contribution is -0.147. The molecule has 15 heteroatoms. The zero-order valence-corrected chi connectivity index (χ0v) is 32.1. The molecule has 3 aromatic rings. The number of benzene rings is 1. The van der Waals surface area contributed by atoms with E-state index in [0.717, 1.165) is 25.7 Å². The molecule has 2 aromatic heterocycles. The molecule has 4 amide bonds. The lowest BCUT2D eigenvalue weighted by Gasteiger charge is -2.35. The number of carboxylic acid groups (broad SMARTS) is 1. The standard InChI is InChI=1S/C39H48N6O8S/c1-7-23-18-39(23,36(50)51)44-34(48)30-16-25(19-45(30)35(49)33(38(3,4)5)43-32(47)14-22-10-8-9-11-22)53-31-17-28(29-20-54-37(42-29)40-21(2)46)41-27-15-24(52-6)12-13-26(27)31/h7,12-13,15,17,20,22-23,25,30,33H,1,8-11,14,16,18-19H2,2-6H3,(H,43,47)(H,44,48)(H,50,51)(H,40,42,46)/t23-,25-,30+,33-,39-/m1/s1. The molecule has 54 heavy (non-hydrogen) atoms. The van der Waals surface area contributed by atoms with E-state index in [1.807, 2.05) is 20.8 Å². The molecule has 1 saturated heterocycles. The summed E-state index contributed by atoms with van der Waals surface area (Å²) in [7, 11) is 1.55. The van der Waals surface area contributed by atoms with Crippen molar-refractivity contribution in [2.75, 3.05) is 19.0 Å². The minimum Gasteiger partial charge on any atom is -0.497 e. The molecule has 1 aromatic carbocycles. The number of carbonyl (C=O) groups is 5. The van der Waals surface area contributed by atoms with Crippen molar-refractivity contribution in [1.82, 2.24) is 25.5 Å². The first-order chi connectivity index (χ1) is 25.6. The molecule has 5 atom stereocenters. The number of methoxy groups -OCH3 is 1. The molecular weight excluding hydrogens is 713 g/mol. The minimum absolute atomic E-state index is 0.00829. The predicted octanol–water partition coefficient (Wildman–Crippen LogP) is 4.93. The van der Waals surface area contributed by atoms with Crippen molar-refractivity contribution in [3.63, 3.8) is 0 Å². The van der Waals surface area contributed by atoms with Crippen LogP contribution in [-0.2, 0) is 24.0 Å². The number of nitrogens with zero attached hydrogens (tertiary/aromatic N) is 3. The molecule has 288 valence electrons. The Labute approximate surface area is 318 Å². The van der Waals surface area contributed by atoms with E-state index in [1.54, 1.807) is 36.8 Å². The molecule has 2 saturated carbocycles. The van der Waals surface area contributed by atoms with Gasteiger partial charge in [0, 0.05) is 48.6 Å². The van der Waals surface area contributed by atoms with Gasteiger partial charge in [-0.1, -0.05) is 39.7 Å². The molecule has 3 heterocycles. The number of ether oxygens (including phenoxy) is 2. The van der Waals surface area contributed by atoms with Crippen LogP contribution >= 0.6 is 11.3 Å². The summed E-state index contributed by atoms with van der Waals surface area (Å²) in [5.41, 5.74) is -0.718. The molecule has 2 aliphatic carbocycles. The van der Waals surface area contributed by atoms with E-state index in [1.165, 1.54) is 29.2 Å². The number of thiazole rings is 1. The average molecular weight is 761 g/mol. The van der Waals surface area contributed by atoms with Gasteiger partial charge < -0.3 is 35.4 Å². The fraction of sp³-hybridized carbons (Fsp3) is 0.513. The number of pyridine rings is 1. The van der Waals surface area contributed by atoms with Crippen LogP contribution in [0.4, 0.5) is 5.13 Å². The van der Waals surface area contributed by atoms with E-state index in [9.17, 15) is 29.1 Å². The van der Waals surface area contributed by atoms with Gasteiger partial charge in [-0.2, -0.15) is 0 Å². The quantitative estimate of drug-likeness (QED) is 0.174. The van der Waals surface area contributed by atoms with Crippen molar-refractivity contribution in [1.29, 1.82) is 0 Å². The summed E-state index contributed by atoms with van der Waals surface area (Å²) in [5.74, 6) is -1.92. The first kappa shape index (κ1) is 38.7. The zero-order chi connectivity index (χ0) is 38.9. The van der Waals surface area contributed by atoms with Crippen LogP contribution in [0.2, 0.25) is 0 Å². The number of fused-ring (bicyclic) bond motifs is 1. The van der Waals surface area contributed by atoms with Crippen LogP contribution < -0.4 is 25.4 Å². The summed E-state index contributed by atoms with van der Waals surface area (Å²) in [6, 6.07) is 5.01. The molecule has 6 rings (SSSR count). The number of rotatable bonds is 13. The molecule has 0 radical (unpaired) electrons. The van der Waals surface area contributed by atoms with Gasteiger partial charge in [0.15, 0.2) is 5.13 Å². The van der Waals surface area contributed by atoms with E-state index in [0.29, 0.717) is 45.3 Å². The molecule has 4 N–H and O–H groups in total. The number of carboxylic acids is 1. The van der Waals surface area contributed by atoms with Gasteiger partial charge in [-0.05, 0) is 42.7 Å². The van der Waals surface area contributed by atoms with Crippen LogP contribution in [0.3, 0.4) is 0 Å². The average Bonchev–Trinajstić information content (AvgIpc) is 3.53. The lowest BCUT2D eigenvalue weighted by Crippen LogP contribution is -2.59. The third-order valence-electron chi connectivity index (χ3n) is 10.6. The highest BCUT2D eigenvalue weighted by Gasteiger charge is 2.61. The maximum Gasteiger partial charge on any atom is 0.330 e. The first-order valence-electron chi connectivity index (χ1n) is 18.3. The summed E-state index contributed by atoms with van der Waals surface area (Å²) in [6.07, 6.45) is 5.49. The van der Waals surface area contributed by atoms with Gasteiger partial charge in [0.25, 0.3) is 0 Å². The number of aromatic nitrogens is 2. The summed E-state index contributed by atoms with van der Waals surface area (Å²) >= 11 is 1.25. The summed E-state index contributed by atoms with van der Waals surface area (Å²) in [4.78, 5) is 76.7. The van der Waals surface area contributed by atoms with Gasteiger partial charge in [-0.25, -0.2) is 14.8 Å². The van der Waals surface area contributed by atoms with E-state index >= 15 is 0 Å². The van der Waals surface area contributed by atoms with Gasteiger partial charge in [-0.3, -0.25) is 19.2 Å². The number of hydrogen-bond acceptors (Lipinski definition) is 10. The first-order valence-corrected chi connectivity index (χ1v) is 19.2. The number of carbonyl (C=O) groups excluding carboxylic acids is 4. The molecule has 1 aliphatic heterocycles. The van der Waals surface area contributed by atoms with Crippen molar-refractivity contribution >= 4 is 57.0 Å². The Kier molecular flexibility index (Phi) is 11.0. The topological polar surface area (TPSA) is 189 Å². The van der Waals surface area contributed by atoms with Crippen molar-refractivity contribution in [2.24, 2.45) is 17.3 Å². The highest BCUT2D eigenvalue weighted by Crippen LogP contribution is 2.45. The Morgan fingerprint density at radius 2 is 1.87 bits per heavy atom. The number of nitrogens with one attached hydrogen (secondary N) is 3. The molecular formula is C39H48N6O8S. The number of aliphatic carboxylic acids is 1. The Morgan fingerprint density at radius 1 is 1.13 bits per heavy atom. The second kappa shape index (κ2) is 15.4.